The lowest BCUT2D eigenvalue weighted by Crippen LogP contribution is -2.47. The molecule has 2 atom stereocenters. The molecule has 0 aromatic rings. The Hall–Kier alpha value is -0.120. The van der Waals surface area contributed by atoms with Gasteiger partial charge in [-0.25, -0.2) is 0 Å². The Morgan fingerprint density at radius 1 is 1.27 bits per heavy atom. The van der Waals surface area contributed by atoms with Crippen LogP contribution >= 0.6 is 0 Å². The molecule has 0 aliphatic rings. The zero-order valence-electron chi connectivity index (χ0n) is 11.0. The van der Waals surface area contributed by atoms with E-state index in [9.17, 15) is 0 Å². The van der Waals surface area contributed by atoms with E-state index >= 15 is 0 Å². The predicted molar refractivity (Wildman–Crippen MR) is 66.0 cm³/mol. The first-order valence-corrected chi connectivity index (χ1v) is 5.99. The van der Waals surface area contributed by atoms with E-state index in [1.165, 1.54) is 0 Å². The van der Waals surface area contributed by atoms with Crippen molar-refractivity contribution in [3.05, 3.63) is 0 Å². The van der Waals surface area contributed by atoms with Crippen molar-refractivity contribution < 1.29 is 4.74 Å². The molecule has 0 rings (SSSR count). The summed E-state index contributed by atoms with van der Waals surface area (Å²) in [5.41, 5.74) is 5.86. The predicted octanol–water partition coefficient (Wildman–Crippen LogP) is 1.57. The Kier molecular flexibility index (Phi) is 8.02. The molecular formula is C12H28N2O. The molecule has 0 saturated carbocycles. The van der Waals surface area contributed by atoms with E-state index < -0.39 is 0 Å². The van der Waals surface area contributed by atoms with Crippen LogP contribution in [0.3, 0.4) is 0 Å². The first kappa shape index (κ1) is 14.9. The van der Waals surface area contributed by atoms with Crippen molar-refractivity contribution in [2.24, 2.45) is 17.6 Å². The minimum Gasteiger partial charge on any atom is -0.384 e. The molecule has 92 valence electrons. The molecule has 0 spiro atoms. The summed E-state index contributed by atoms with van der Waals surface area (Å²) in [6, 6.07) is 0.442. The van der Waals surface area contributed by atoms with Crippen molar-refractivity contribution in [3.8, 4) is 0 Å². The second-order valence-corrected chi connectivity index (χ2v) is 4.72. The number of likely N-dealkylation sites (N-methyl/N-ethyl adjacent to an activating group) is 1. The van der Waals surface area contributed by atoms with Crippen molar-refractivity contribution in [2.75, 3.05) is 33.4 Å². The lowest BCUT2D eigenvalue weighted by atomic mass is 10.00. The van der Waals surface area contributed by atoms with Gasteiger partial charge in [0.25, 0.3) is 0 Å². The summed E-state index contributed by atoms with van der Waals surface area (Å²) in [4.78, 5) is 2.47. The largest absolute Gasteiger partial charge is 0.384 e. The van der Waals surface area contributed by atoms with Crippen LogP contribution in [-0.4, -0.2) is 44.3 Å². The molecule has 0 fully saturated rings. The molecule has 0 amide bonds. The van der Waals surface area contributed by atoms with Gasteiger partial charge in [0, 0.05) is 26.2 Å². The van der Waals surface area contributed by atoms with E-state index in [4.69, 9.17) is 10.5 Å². The summed E-state index contributed by atoms with van der Waals surface area (Å²) in [7, 11) is 1.75. The fraction of sp³-hybridized carbons (Fsp3) is 1.00. The normalized spacial score (nSPS) is 16.0. The summed E-state index contributed by atoms with van der Waals surface area (Å²) in [6.07, 6.45) is 0. The molecule has 15 heavy (non-hydrogen) atoms. The number of nitrogens with zero attached hydrogens (tertiary/aromatic N) is 1. The van der Waals surface area contributed by atoms with Crippen LogP contribution in [-0.2, 0) is 4.74 Å². The molecule has 0 radical (unpaired) electrons. The van der Waals surface area contributed by atoms with Crippen molar-refractivity contribution in [2.45, 2.75) is 33.7 Å². The van der Waals surface area contributed by atoms with E-state index in [0.717, 1.165) is 19.7 Å². The number of hydrogen-bond acceptors (Lipinski definition) is 3. The monoisotopic (exact) mass is 216 g/mol. The Labute approximate surface area is 95.0 Å². The van der Waals surface area contributed by atoms with Crippen LogP contribution in [0.2, 0.25) is 0 Å². The van der Waals surface area contributed by atoms with E-state index in [1.807, 2.05) is 0 Å². The maximum Gasteiger partial charge on any atom is 0.0503 e. The van der Waals surface area contributed by atoms with E-state index in [0.29, 0.717) is 24.4 Å². The van der Waals surface area contributed by atoms with Gasteiger partial charge in [-0.1, -0.05) is 27.7 Å². The number of hydrogen-bond donors (Lipinski definition) is 1. The van der Waals surface area contributed by atoms with Gasteiger partial charge in [0.15, 0.2) is 0 Å². The number of rotatable bonds is 8. The third kappa shape index (κ3) is 5.50. The first-order chi connectivity index (χ1) is 7.06. The average Bonchev–Trinajstić information content (AvgIpc) is 2.17. The van der Waals surface area contributed by atoms with Crippen LogP contribution in [0, 0.1) is 11.8 Å². The standard InChI is InChI=1S/C12H28N2O/c1-6-14(8-10(2)3)12(7-13)11(4)9-15-5/h10-12H,6-9,13H2,1-5H3. The number of methoxy groups -OCH3 is 1. The molecule has 0 saturated heterocycles. The molecule has 0 aromatic carbocycles. The lowest BCUT2D eigenvalue weighted by Gasteiger charge is -2.35. The molecule has 2 N–H and O–H groups in total. The van der Waals surface area contributed by atoms with Gasteiger partial charge in [0.1, 0.15) is 0 Å². The lowest BCUT2D eigenvalue weighted by molar-refractivity contribution is 0.0813. The summed E-state index contributed by atoms with van der Waals surface area (Å²) in [6.45, 7) is 12.6. The van der Waals surface area contributed by atoms with Gasteiger partial charge < -0.3 is 10.5 Å². The first-order valence-electron chi connectivity index (χ1n) is 5.99. The Balaban J connectivity index is 4.31. The second kappa shape index (κ2) is 8.08. The van der Waals surface area contributed by atoms with Gasteiger partial charge in [-0.15, -0.1) is 0 Å². The molecule has 0 aromatic heterocycles. The minimum atomic E-state index is 0.442. The van der Waals surface area contributed by atoms with Crippen LogP contribution in [0.5, 0.6) is 0 Å². The fourth-order valence-corrected chi connectivity index (χ4v) is 2.08. The van der Waals surface area contributed by atoms with Gasteiger partial charge in [-0.05, 0) is 18.4 Å². The zero-order chi connectivity index (χ0) is 11.8. The smallest absolute Gasteiger partial charge is 0.0503 e. The number of nitrogens with two attached hydrogens (primary N) is 1. The molecule has 0 heterocycles. The molecular weight excluding hydrogens is 188 g/mol. The highest BCUT2D eigenvalue weighted by molar-refractivity contribution is 4.77. The SMILES string of the molecule is CCN(CC(C)C)C(CN)C(C)COC. The third-order valence-corrected chi connectivity index (χ3v) is 2.80. The molecule has 0 aliphatic heterocycles. The quantitative estimate of drug-likeness (QED) is 0.669. The Bertz CT molecular complexity index is 151. The second-order valence-electron chi connectivity index (χ2n) is 4.72. The van der Waals surface area contributed by atoms with Crippen LogP contribution in [0.1, 0.15) is 27.7 Å². The van der Waals surface area contributed by atoms with Crippen LogP contribution in [0.4, 0.5) is 0 Å². The summed E-state index contributed by atoms with van der Waals surface area (Å²) >= 11 is 0. The van der Waals surface area contributed by atoms with Gasteiger partial charge in [-0.3, -0.25) is 4.90 Å². The summed E-state index contributed by atoms with van der Waals surface area (Å²) in [5, 5.41) is 0. The minimum absolute atomic E-state index is 0.442. The fourth-order valence-electron chi connectivity index (χ4n) is 2.08. The van der Waals surface area contributed by atoms with Gasteiger partial charge in [0.2, 0.25) is 0 Å². The highest BCUT2D eigenvalue weighted by Gasteiger charge is 2.22. The Morgan fingerprint density at radius 3 is 2.20 bits per heavy atom. The molecule has 0 aliphatic carbocycles. The molecule has 2 unspecified atom stereocenters. The maximum atomic E-state index is 5.86. The van der Waals surface area contributed by atoms with Gasteiger partial charge >= 0.3 is 0 Å². The van der Waals surface area contributed by atoms with E-state index in [-0.39, 0.29) is 0 Å². The zero-order valence-corrected chi connectivity index (χ0v) is 11.0. The van der Waals surface area contributed by atoms with Crippen molar-refractivity contribution >= 4 is 0 Å². The van der Waals surface area contributed by atoms with Crippen molar-refractivity contribution in [1.82, 2.24) is 4.90 Å². The highest BCUT2D eigenvalue weighted by atomic mass is 16.5. The van der Waals surface area contributed by atoms with E-state index in [2.05, 4.69) is 32.6 Å². The topological polar surface area (TPSA) is 38.5 Å². The van der Waals surface area contributed by atoms with Crippen LogP contribution < -0.4 is 5.73 Å². The van der Waals surface area contributed by atoms with Crippen LogP contribution in [0.15, 0.2) is 0 Å². The number of ether oxygens (including phenoxy) is 1. The van der Waals surface area contributed by atoms with Crippen molar-refractivity contribution in [3.63, 3.8) is 0 Å². The highest BCUT2D eigenvalue weighted by Crippen LogP contribution is 2.12. The van der Waals surface area contributed by atoms with Gasteiger partial charge in [-0.2, -0.15) is 0 Å². The Morgan fingerprint density at radius 2 is 1.87 bits per heavy atom. The van der Waals surface area contributed by atoms with E-state index in [1.54, 1.807) is 7.11 Å². The average molecular weight is 216 g/mol. The maximum absolute atomic E-state index is 5.86. The summed E-state index contributed by atoms with van der Waals surface area (Å²) in [5.74, 6) is 1.19. The van der Waals surface area contributed by atoms with Crippen molar-refractivity contribution in [1.29, 1.82) is 0 Å². The third-order valence-electron chi connectivity index (χ3n) is 2.80. The molecule has 3 nitrogen and oxygen atoms in total. The van der Waals surface area contributed by atoms with Crippen LogP contribution in [0.25, 0.3) is 0 Å². The summed E-state index contributed by atoms with van der Waals surface area (Å²) < 4.78 is 5.20. The molecule has 0 bridgehead atoms. The van der Waals surface area contributed by atoms with Gasteiger partial charge in [0.05, 0.1) is 6.61 Å². The molecule has 3 heteroatoms.